The Morgan fingerprint density at radius 1 is 1.00 bits per heavy atom. The molecule has 33 heavy (non-hydrogen) atoms. The highest BCUT2D eigenvalue weighted by molar-refractivity contribution is 5.89. The maximum Gasteiger partial charge on any atom is 0.203 e. The normalized spacial score (nSPS) is 14.3. The van der Waals surface area contributed by atoms with Crippen molar-refractivity contribution in [2.45, 2.75) is 19.8 Å². The molecule has 1 aliphatic rings. The van der Waals surface area contributed by atoms with E-state index >= 15 is 0 Å². The molecule has 176 valence electrons. The molecule has 0 aliphatic carbocycles. The number of benzene rings is 1. The molecular weight excluding hydrogens is 422 g/mol. The molecule has 1 aliphatic heterocycles. The van der Waals surface area contributed by atoms with E-state index in [1.807, 2.05) is 36.0 Å². The van der Waals surface area contributed by atoms with Gasteiger partial charge in [0.05, 0.1) is 40.2 Å². The van der Waals surface area contributed by atoms with E-state index in [0.29, 0.717) is 36.3 Å². The molecule has 9 nitrogen and oxygen atoms in total. The first-order chi connectivity index (χ1) is 16.1. The van der Waals surface area contributed by atoms with E-state index in [1.165, 1.54) is 0 Å². The number of aromatic nitrogens is 4. The minimum absolute atomic E-state index is 0.559. The minimum Gasteiger partial charge on any atom is -0.493 e. The Morgan fingerprint density at radius 3 is 2.30 bits per heavy atom. The first-order valence-corrected chi connectivity index (χ1v) is 11.1. The Bertz CT molecular complexity index is 1130. The Balaban J connectivity index is 1.79. The van der Waals surface area contributed by atoms with Crippen LogP contribution in [0, 0.1) is 0 Å². The van der Waals surface area contributed by atoms with Gasteiger partial charge in [0, 0.05) is 20.1 Å². The Morgan fingerprint density at radius 2 is 1.70 bits per heavy atom. The van der Waals surface area contributed by atoms with Gasteiger partial charge in [-0.2, -0.15) is 5.10 Å². The smallest absolute Gasteiger partial charge is 0.203 e. The van der Waals surface area contributed by atoms with Gasteiger partial charge in [-0.15, -0.1) is 0 Å². The van der Waals surface area contributed by atoms with Gasteiger partial charge in [0.15, 0.2) is 23.1 Å². The number of nitrogens with zero attached hydrogens (tertiary/aromatic N) is 5. The van der Waals surface area contributed by atoms with Crippen LogP contribution in [-0.2, 0) is 18.2 Å². The third kappa shape index (κ3) is 4.59. The van der Waals surface area contributed by atoms with Gasteiger partial charge in [0.1, 0.15) is 11.0 Å². The molecule has 9 heteroatoms. The quantitative estimate of drug-likeness (QED) is 0.514. The molecule has 2 aromatic heterocycles. The second-order valence-electron chi connectivity index (χ2n) is 7.81. The van der Waals surface area contributed by atoms with E-state index in [-0.39, 0.29) is 0 Å². The summed E-state index contributed by atoms with van der Waals surface area (Å²) in [5, 5.41) is 4.74. The molecule has 0 bridgehead atoms. The zero-order valence-electron chi connectivity index (χ0n) is 19.9. The Kier molecular flexibility index (Phi) is 6.98. The van der Waals surface area contributed by atoms with Crippen LogP contribution in [0.5, 0.6) is 17.2 Å². The SMILES string of the molecule is CCCc1nn(C)c2c(N3CCOCC3)nc(/C=C/c3cc(OC)c(OC)c(OC)c3)nc12. The number of aryl methyl sites for hydroxylation is 2. The van der Waals surface area contributed by atoms with Crippen LogP contribution in [0.3, 0.4) is 0 Å². The molecule has 1 fully saturated rings. The van der Waals surface area contributed by atoms with Crippen LogP contribution in [-0.4, -0.2) is 67.4 Å². The molecule has 4 rings (SSSR count). The van der Waals surface area contributed by atoms with Crippen molar-refractivity contribution in [2.75, 3.05) is 52.5 Å². The summed E-state index contributed by atoms with van der Waals surface area (Å²) in [6.07, 6.45) is 5.73. The van der Waals surface area contributed by atoms with E-state index < -0.39 is 0 Å². The van der Waals surface area contributed by atoms with Gasteiger partial charge in [0.2, 0.25) is 5.75 Å². The maximum atomic E-state index is 5.55. The van der Waals surface area contributed by atoms with E-state index in [4.69, 9.17) is 34.0 Å². The lowest BCUT2D eigenvalue weighted by molar-refractivity contribution is 0.122. The molecule has 3 heterocycles. The van der Waals surface area contributed by atoms with Gasteiger partial charge in [0.25, 0.3) is 0 Å². The number of fused-ring (bicyclic) bond motifs is 1. The zero-order valence-corrected chi connectivity index (χ0v) is 19.9. The average molecular weight is 454 g/mol. The standard InChI is InChI=1S/C24H31N5O4/c1-6-7-17-21-22(28(2)27-17)24(29-10-12-33-13-11-29)26-20(25-21)9-8-16-14-18(30-3)23(32-5)19(15-16)31-4/h8-9,14-15H,6-7,10-13H2,1-5H3/b9-8+. The summed E-state index contributed by atoms with van der Waals surface area (Å²) in [6, 6.07) is 3.79. The van der Waals surface area contributed by atoms with Gasteiger partial charge >= 0.3 is 0 Å². The molecule has 0 spiro atoms. The lowest BCUT2D eigenvalue weighted by Crippen LogP contribution is -2.37. The van der Waals surface area contributed by atoms with Crippen LogP contribution in [0.25, 0.3) is 23.2 Å². The first-order valence-electron chi connectivity index (χ1n) is 11.1. The summed E-state index contributed by atoms with van der Waals surface area (Å²) in [4.78, 5) is 12.0. The van der Waals surface area contributed by atoms with Crippen LogP contribution in [0.15, 0.2) is 12.1 Å². The second-order valence-corrected chi connectivity index (χ2v) is 7.81. The van der Waals surface area contributed by atoms with Crippen LogP contribution < -0.4 is 19.1 Å². The van der Waals surface area contributed by atoms with Gasteiger partial charge in [-0.3, -0.25) is 4.68 Å². The molecule has 0 amide bonds. The first kappa shape index (κ1) is 22.8. The number of anilines is 1. The summed E-state index contributed by atoms with van der Waals surface area (Å²) < 4.78 is 23.8. The van der Waals surface area contributed by atoms with E-state index in [9.17, 15) is 0 Å². The molecule has 1 aromatic carbocycles. The summed E-state index contributed by atoms with van der Waals surface area (Å²) in [6.45, 7) is 5.09. The van der Waals surface area contributed by atoms with Gasteiger partial charge in [-0.1, -0.05) is 19.4 Å². The fraction of sp³-hybridized carbons (Fsp3) is 0.458. The molecular formula is C24H31N5O4. The van der Waals surface area contributed by atoms with Crippen molar-refractivity contribution in [3.8, 4) is 17.2 Å². The number of hydrogen-bond acceptors (Lipinski definition) is 8. The number of rotatable bonds is 8. The highest BCUT2D eigenvalue weighted by Gasteiger charge is 2.22. The highest BCUT2D eigenvalue weighted by Crippen LogP contribution is 2.38. The summed E-state index contributed by atoms with van der Waals surface area (Å²) in [7, 11) is 6.76. The Labute approximate surface area is 193 Å². The van der Waals surface area contributed by atoms with Gasteiger partial charge < -0.3 is 23.8 Å². The largest absolute Gasteiger partial charge is 0.493 e. The molecule has 3 aromatic rings. The topological polar surface area (TPSA) is 83.8 Å². The van der Waals surface area contributed by atoms with Crippen molar-refractivity contribution in [3.05, 3.63) is 29.2 Å². The lowest BCUT2D eigenvalue weighted by atomic mass is 10.1. The number of hydrogen-bond donors (Lipinski definition) is 0. The molecule has 0 atom stereocenters. The van der Waals surface area contributed by atoms with E-state index in [1.54, 1.807) is 21.3 Å². The number of morpholine rings is 1. The molecule has 0 radical (unpaired) electrons. The highest BCUT2D eigenvalue weighted by atomic mass is 16.5. The third-order valence-electron chi connectivity index (χ3n) is 5.66. The third-order valence-corrected chi connectivity index (χ3v) is 5.66. The van der Waals surface area contributed by atoms with Crippen molar-refractivity contribution >= 4 is 29.0 Å². The Hall–Kier alpha value is -3.33. The van der Waals surface area contributed by atoms with Crippen LogP contribution in [0.4, 0.5) is 5.82 Å². The van der Waals surface area contributed by atoms with Crippen LogP contribution >= 0.6 is 0 Å². The molecule has 0 saturated carbocycles. The molecule has 0 N–H and O–H groups in total. The van der Waals surface area contributed by atoms with Crippen LogP contribution in [0.1, 0.15) is 30.4 Å². The predicted octanol–water partition coefficient (Wildman–Crippen LogP) is 3.35. The number of methoxy groups -OCH3 is 3. The molecule has 1 saturated heterocycles. The summed E-state index contributed by atoms with van der Waals surface area (Å²) in [5.41, 5.74) is 3.75. The van der Waals surface area contributed by atoms with Crippen molar-refractivity contribution < 1.29 is 18.9 Å². The molecule has 0 unspecified atom stereocenters. The van der Waals surface area contributed by atoms with Crippen molar-refractivity contribution in [1.29, 1.82) is 0 Å². The van der Waals surface area contributed by atoms with Gasteiger partial charge in [-0.25, -0.2) is 9.97 Å². The van der Waals surface area contributed by atoms with Crippen molar-refractivity contribution in [1.82, 2.24) is 19.7 Å². The predicted molar refractivity (Wildman–Crippen MR) is 128 cm³/mol. The van der Waals surface area contributed by atoms with Crippen molar-refractivity contribution in [2.24, 2.45) is 7.05 Å². The maximum absolute atomic E-state index is 5.55. The second kappa shape index (κ2) is 10.1. The minimum atomic E-state index is 0.559. The average Bonchev–Trinajstić information content (AvgIpc) is 3.17. The van der Waals surface area contributed by atoms with Gasteiger partial charge in [-0.05, 0) is 30.2 Å². The summed E-state index contributed by atoms with van der Waals surface area (Å²) in [5.74, 6) is 3.27. The summed E-state index contributed by atoms with van der Waals surface area (Å²) >= 11 is 0. The lowest BCUT2D eigenvalue weighted by Gasteiger charge is -2.28. The zero-order chi connectivity index (χ0) is 23.4. The monoisotopic (exact) mass is 453 g/mol. The van der Waals surface area contributed by atoms with Crippen LogP contribution in [0.2, 0.25) is 0 Å². The number of ether oxygens (including phenoxy) is 4. The fourth-order valence-corrected chi connectivity index (χ4v) is 4.08. The van der Waals surface area contributed by atoms with Crippen molar-refractivity contribution in [3.63, 3.8) is 0 Å². The van der Waals surface area contributed by atoms with E-state index in [2.05, 4.69) is 11.8 Å². The fourth-order valence-electron chi connectivity index (χ4n) is 4.08. The van der Waals surface area contributed by atoms with E-state index in [0.717, 1.165) is 54.0 Å².